The number of aromatic nitrogens is 2. The van der Waals surface area contributed by atoms with Crippen molar-refractivity contribution in [1.82, 2.24) is 15.3 Å². The summed E-state index contributed by atoms with van der Waals surface area (Å²) in [5.74, 6) is 0.554. The summed E-state index contributed by atoms with van der Waals surface area (Å²) in [7, 11) is 0. The van der Waals surface area contributed by atoms with Crippen molar-refractivity contribution >= 4 is 41.8 Å². The summed E-state index contributed by atoms with van der Waals surface area (Å²) < 4.78 is 0. The van der Waals surface area contributed by atoms with Crippen LogP contribution in [0.25, 0.3) is 11.0 Å². The number of halogens is 2. The number of H-pyrrole nitrogens is 1. The van der Waals surface area contributed by atoms with E-state index < -0.39 is 6.04 Å². The quantitative estimate of drug-likeness (QED) is 0.810. The van der Waals surface area contributed by atoms with Crippen LogP contribution in [-0.4, -0.2) is 21.9 Å². The minimum absolute atomic E-state index is 0. The molecule has 4 N–H and O–H groups in total. The van der Waals surface area contributed by atoms with E-state index >= 15 is 0 Å². The molecule has 2 rings (SSSR count). The smallest absolute Gasteiger partial charge is 0.237 e. The lowest BCUT2D eigenvalue weighted by atomic mass is 10.2. The fourth-order valence-electron chi connectivity index (χ4n) is 1.59. The number of carbonyl (C=O) groups is 1. The number of carbonyl (C=O) groups excluding carboxylic acids is 1. The largest absolute Gasteiger partial charge is 0.345 e. The van der Waals surface area contributed by atoms with Crippen LogP contribution in [0.5, 0.6) is 0 Å². The summed E-state index contributed by atoms with van der Waals surface area (Å²) in [4.78, 5) is 19.1. The van der Waals surface area contributed by atoms with Gasteiger partial charge in [-0.05, 0) is 26.0 Å². The van der Waals surface area contributed by atoms with Crippen LogP contribution in [0.2, 0.25) is 0 Å². The Bertz CT molecular complexity index is 508. The fraction of sp³-hybridized carbons (Fsp3) is 0.333. The predicted molar refractivity (Wildman–Crippen MR) is 80.8 cm³/mol. The average molecular weight is 305 g/mol. The first kappa shape index (κ1) is 17.7. The van der Waals surface area contributed by atoms with Crippen LogP contribution >= 0.6 is 24.8 Å². The number of hydrogen-bond acceptors (Lipinski definition) is 3. The van der Waals surface area contributed by atoms with Crippen molar-refractivity contribution in [1.29, 1.82) is 0 Å². The van der Waals surface area contributed by atoms with Crippen molar-refractivity contribution < 1.29 is 4.79 Å². The van der Waals surface area contributed by atoms with Gasteiger partial charge in [-0.25, -0.2) is 4.98 Å². The van der Waals surface area contributed by atoms with Gasteiger partial charge in [-0.2, -0.15) is 0 Å². The lowest BCUT2D eigenvalue weighted by molar-refractivity contribution is -0.122. The molecule has 2 aromatic rings. The first-order valence-electron chi connectivity index (χ1n) is 5.58. The third-order valence-corrected chi connectivity index (χ3v) is 2.59. The monoisotopic (exact) mass is 304 g/mol. The standard InChI is InChI=1S/C12H16N4O.2ClH/c1-7(13)12(17)14-8(2)11-15-9-5-3-4-6-10(9)16-11;;/h3-8H,13H2,1-2H3,(H,14,17)(H,15,16);2*1H/t7-,8?;;/m1../s1. The second-order valence-corrected chi connectivity index (χ2v) is 4.16. The van der Waals surface area contributed by atoms with Gasteiger partial charge in [-0.3, -0.25) is 4.79 Å². The highest BCUT2D eigenvalue weighted by atomic mass is 35.5. The highest BCUT2D eigenvalue weighted by molar-refractivity contribution is 5.85. The summed E-state index contributed by atoms with van der Waals surface area (Å²) in [6, 6.07) is 7.05. The summed E-state index contributed by atoms with van der Waals surface area (Å²) in [5.41, 5.74) is 7.35. The average Bonchev–Trinajstić information content (AvgIpc) is 2.72. The van der Waals surface area contributed by atoms with Crippen molar-refractivity contribution in [2.24, 2.45) is 5.73 Å². The minimum Gasteiger partial charge on any atom is -0.345 e. The third-order valence-electron chi connectivity index (χ3n) is 2.59. The molecule has 7 heteroatoms. The minimum atomic E-state index is -0.512. The molecule has 0 saturated carbocycles. The molecule has 0 spiro atoms. The molecule has 0 bridgehead atoms. The first-order valence-corrected chi connectivity index (χ1v) is 5.58. The molecule has 2 atom stereocenters. The number of nitrogens with zero attached hydrogens (tertiary/aromatic N) is 1. The Morgan fingerprint density at radius 2 is 1.95 bits per heavy atom. The van der Waals surface area contributed by atoms with Gasteiger partial charge in [-0.1, -0.05) is 12.1 Å². The Kier molecular flexibility index (Phi) is 6.83. The van der Waals surface area contributed by atoms with Gasteiger partial charge >= 0.3 is 0 Å². The van der Waals surface area contributed by atoms with Gasteiger partial charge in [0.2, 0.25) is 5.91 Å². The fourth-order valence-corrected chi connectivity index (χ4v) is 1.59. The Labute approximate surface area is 124 Å². The highest BCUT2D eigenvalue weighted by Crippen LogP contribution is 2.15. The zero-order valence-corrected chi connectivity index (χ0v) is 12.3. The van der Waals surface area contributed by atoms with Gasteiger partial charge in [0.25, 0.3) is 0 Å². The number of para-hydroxylation sites is 2. The van der Waals surface area contributed by atoms with Crippen LogP contribution < -0.4 is 11.1 Å². The van der Waals surface area contributed by atoms with E-state index in [0.717, 1.165) is 16.9 Å². The summed E-state index contributed by atoms with van der Waals surface area (Å²) in [6.45, 7) is 3.53. The second-order valence-electron chi connectivity index (χ2n) is 4.16. The molecule has 1 aromatic heterocycles. The van der Waals surface area contributed by atoms with E-state index in [0.29, 0.717) is 0 Å². The molecule has 0 radical (unpaired) electrons. The number of nitrogens with two attached hydrogens (primary N) is 1. The van der Waals surface area contributed by atoms with Crippen LogP contribution in [0.1, 0.15) is 25.7 Å². The Morgan fingerprint density at radius 1 is 1.32 bits per heavy atom. The number of imidazole rings is 1. The highest BCUT2D eigenvalue weighted by Gasteiger charge is 2.15. The van der Waals surface area contributed by atoms with Gasteiger partial charge < -0.3 is 16.0 Å². The van der Waals surface area contributed by atoms with Crippen molar-refractivity contribution in [2.45, 2.75) is 25.9 Å². The van der Waals surface area contributed by atoms with E-state index in [1.807, 2.05) is 31.2 Å². The van der Waals surface area contributed by atoms with E-state index in [-0.39, 0.29) is 36.8 Å². The molecule has 1 unspecified atom stereocenters. The number of fused-ring (bicyclic) bond motifs is 1. The van der Waals surface area contributed by atoms with Crippen molar-refractivity contribution in [3.8, 4) is 0 Å². The topological polar surface area (TPSA) is 83.8 Å². The van der Waals surface area contributed by atoms with Gasteiger partial charge in [0.05, 0.1) is 23.1 Å². The number of hydrogen-bond donors (Lipinski definition) is 3. The molecule has 0 saturated heterocycles. The van der Waals surface area contributed by atoms with Crippen molar-refractivity contribution in [3.63, 3.8) is 0 Å². The Balaban J connectivity index is 0.00000162. The molecule has 19 heavy (non-hydrogen) atoms. The summed E-state index contributed by atoms with van der Waals surface area (Å²) >= 11 is 0. The molecule has 1 amide bonds. The maximum absolute atomic E-state index is 11.5. The third kappa shape index (κ3) is 4.09. The normalized spacial score (nSPS) is 13.0. The molecular weight excluding hydrogens is 287 g/mol. The summed E-state index contributed by atoms with van der Waals surface area (Å²) in [5, 5.41) is 2.80. The lowest BCUT2D eigenvalue weighted by Gasteiger charge is -2.13. The molecule has 5 nitrogen and oxygen atoms in total. The van der Waals surface area contributed by atoms with E-state index in [9.17, 15) is 4.79 Å². The van der Waals surface area contributed by atoms with Crippen molar-refractivity contribution in [2.75, 3.05) is 0 Å². The lowest BCUT2D eigenvalue weighted by Crippen LogP contribution is -2.39. The Hall–Kier alpha value is -1.30. The van der Waals surface area contributed by atoms with Crippen molar-refractivity contribution in [3.05, 3.63) is 30.1 Å². The maximum Gasteiger partial charge on any atom is 0.237 e. The van der Waals surface area contributed by atoms with E-state index in [1.165, 1.54) is 0 Å². The van der Waals surface area contributed by atoms with Crippen LogP contribution in [-0.2, 0) is 4.79 Å². The molecule has 1 heterocycles. The van der Waals surface area contributed by atoms with Crippen LogP contribution in [0.15, 0.2) is 24.3 Å². The van der Waals surface area contributed by atoms with E-state index in [4.69, 9.17) is 5.73 Å². The molecule has 106 valence electrons. The van der Waals surface area contributed by atoms with Gasteiger partial charge in [-0.15, -0.1) is 24.8 Å². The number of nitrogens with one attached hydrogen (secondary N) is 2. The molecule has 0 fully saturated rings. The molecular formula is C12H18Cl2N4O. The number of rotatable bonds is 3. The molecule has 0 aliphatic rings. The Morgan fingerprint density at radius 3 is 2.53 bits per heavy atom. The first-order chi connectivity index (χ1) is 8.08. The SMILES string of the molecule is CC(NC(=O)[C@@H](C)N)c1nc2ccccc2[nH]1.Cl.Cl. The molecule has 0 aliphatic carbocycles. The second kappa shape index (κ2) is 7.33. The zero-order valence-electron chi connectivity index (χ0n) is 10.7. The van der Waals surface area contributed by atoms with Crippen LogP contribution in [0, 0.1) is 0 Å². The van der Waals surface area contributed by atoms with Gasteiger partial charge in [0.1, 0.15) is 5.82 Å². The maximum atomic E-state index is 11.5. The van der Waals surface area contributed by atoms with E-state index in [1.54, 1.807) is 6.92 Å². The van der Waals surface area contributed by atoms with Gasteiger partial charge in [0.15, 0.2) is 0 Å². The van der Waals surface area contributed by atoms with E-state index in [2.05, 4.69) is 15.3 Å². The summed E-state index contributed by atoms with van der Waals surface area (Å²) in [6.07, 6.45) is 0. The van der Waals surface area contributed by atoms with Crippen LogP contribution in [0.4, 0.5) is 0 Å². The number of amides is 1. The van der Waals surface area contributed by atoms with Gasteiger partial charge in [0, 0.05) is 0 Å². The van der Waals surface area contributed by atoms with Crippen LogP contribution in [0.3, 0.4) is 0 Å². The zero-order chi connectivity index (χ0) is 12.4. The predicted octanol–water partition coefficient (Wildman–Crippen LogP) is 1.93. The molecule has 1 aromatic carbocycles. The number of aromatic amines is 1. The number of benzene rings is 1. The molecule has 0 aliphatic heterocycles.